The molecule has 0 aliphatic carbocycles. The fraction of sp³-hybridized carbons (Fsp3) is 0.172. The molecular weight excluding hydrogens is 489 g/mol. The third kappa shape index (κ3) is 4.54. The predicted octanol–water partition coefficient (Wildman–Crippen LogP) is 4.11. The Bertz CT molecular complexity index is 1550. The molecule has 9 heteroatoms. The molecule has 1 N–H and O–H groups in total. The number of hydrogen-bond donors (Lipinski definition) is 1. The lowest BCUT2D eigenvalue weighted by atomic mass is 10.1. The van der Waals surface area contributed by atoms with Crippen LogP contribution in [0, 0.1) is 5.82 Å². The Morgan fingerprint density at radius 3 is 2.47 bits per heavy atom. The number of para-hydroxylation sites is 1. The van der Waals surface area contributed by atoms with E-state index < -0.39 is 35.5 Å². The predicted molar refractivity (Wildman–Crippen MR) is 138 cm³/mol. The van der Waals surface area contributed by atoms with E-state index in [1.807, 2.05) is 30.5 Å². The minimum Gasteiger partial charge on any atom is -0.465 e. The number of rotatable bonds is 7. The third-order valence-electron chi connectivity index (χ3n) is 6.71. The number of amides is 3. The van der Waals surface area contributed by atoms with Gasteiger partial charge in [-0.05, 0) is 54.4 Å². The molecule has 3 amide bonds. The van der Waals surface area contributed by atoms with Gasteiger partial charge in [0.1, 0.15) is 11.9 Å². The van der Waals surface area contributed by atoms with Crippen LogP contribution in [0.3, 0.4) is 0 Å². The number of imide groups is 1. The largest absolute Gasteiger partial charge is 0.465 e. The summed E-state index contributed by atoms with van der Waals surface area (Å²) in [4.78, 5) is 57.3. The number of hydrogen-bond acceptors (Lipinski definition) is 5. The molecule has 38 heavy (non-hydrogen) atoms. The second kappa shape index (κ2) is 10.3. The van der Waals surface area contributed by atoms with Crippen LogP contribution in [-0.4, -0.2) is 53.3 Å². The number of anilines is 1. The fourth-order valence-corrected chi connectivity index (χ4v) is 4.76. The fourth-order valence-electron chi connectivity index (χ4n) is 4.76. The first-order valence-corrected chi connectivity index (χ1v) is 12.0. The molecule has 1 aliphatic heterocycles. The number of nitrogens with one attached hydrogen (secondary N) is 1. The van der Waals surface area contributed by atoms with Crippen LogP contribution in [0.4, 0.5) is 10.1 Å². The lowest BCUT2D eigenvalue weighted by Crippen LogP contribution is -2.46. The Kier molecular flexibility index (Phi) is 6.74. The molecule has 1 saturated heterocycles. The van der Waals surface area contributed by atoms with Crippen molar-refractivity contribution in [1.82, 2.24) is 9.88 Å². The highest BCUT2D eigenvalue weighted by molar-refractivity contribution is 6.23. The number of halogens is 1. The van der Waals surface area contributed by atoms with Gasteiger partial charge in [0.05, 0.1) is 30.3 Å². The molecule has 2 heterocycles. The zero-order valence-electron chi connectivity index (χ0n) is 20.5. The molecule has 1 unspecified atom stereocenters. The van der Waals surface area contributed by atoms with Crippen LogP contribution >= 0.6 is 0 Å². The van der Waals surface area contributed by atoms with Crippen molar-refractivity contribution in [3.05, 3.63) is 102 Å². The first kappa shape index (κ1) is 24.9. The van der Waals surface area contributed by atoms with Crippen LogP contribution in [0.25, 0.3) is 10.9 Å². The standard InChI is InChI=1S/C29H24FN3O5/c1-38-29(37)18-10-12-20(13-11-18)33-26(34)16-25(28(33)36)32(27(35)22-7-2-4-8-23(22)30)15-14-19-17-31-24-9-5-3-6-21(19)24/h2-13,17,25,31H,14-16H2,1H3. The lowest BCUT2D eigenvalue weighted by molar-refractivity contribution is -0.122. The molecule has 1 atom stereocenters. The van der Waals surface area contributed by atoms with Crippen molar-refractivity contribution in [2.45, 2.75) is 18.9 Å². The SMILES string of the molecule is COC(=O)c1ccc(N2C(=O)CC(N(CCc3c[nH]c4ccccc34)C(=O)c3ccccc3F)C2=O)cc1. The number of fused-ring (bicyclic) bond motifs is 1. The van der Waals surface area contributed by atoms with Crippen molar-refractivity contribution in [3.63, 3.8) is 0 Å². The highest BCUT2D eigenvalue weighted by atomic mass is 19.1. The zero-order chi connectivity index (χ0) is 26.8. The monoisotopic (exact) mass is 513 g/mol. The van der Waals surface area contributed by atoms with Gasteiger partial charge in [-0.2, -0.15) is 0 Å². The second-order valence-electron chi connectivity index (χ2n) is 8.91. The summed E-state index contributed by atoms with van der Waals surface area (Å²) < 4.78 is 19.3. The second-order valence-corrected chi connectivity index (χ2v) is 8.91. The Hall–Kier alpha value is -4.79. The number of methoxy groups -OCH3 is 1. The van der Waals surface area contributed by atoms with Gasteiger partial charge in [-0.1, -0.05) is 30.3 Å². The van der Waals surface area contributed by atoms with Gasteiger partial charge >= 0.3 is 5.97 Å². The van der Waals surface area contributed by atoms with Crippen molar-refractivity contribution in [3.8, 4) is 0 Å². The molecule has 1 fully saturated rings. The average Bonchev–Trinajstić information content (AvgIpc) is 3.48. The number of ether oxygens (including phenoxy) is 1. The summed E-state index contributed by atoms with van der Waals surface area (Å²) >= 11 is 0. The van der Waals surface area contributed by atoms with Crippen molar-refractivity contribution < 1.29 is 28.3 Å². The normalized spacial score (nSPS) is 15.2. The number of H-pyrrole nitrogens is 1. The molecule has 1 aromatic heterocycles. The van der Waals surface area contributed by atoms with Crippen LogP contribution in [0.2, 0.25) is 0 Å². The van der Waals surface area contributed by atoms with Crippen LogP contribution in [-0.2, 0) is 20.7 Å². The van der Waals surface area contributed by atoms with Gasteiger partial charge < -0.3 is 14.6 Å². The Balaban J connectivity index is 1.45. The molecule has 5 rings (SSSR count). The first-order valence-electron chi connectivity index (χ1n) is 12.0. The molecule has 4 aromatic rings. The molecule has 3 aromatic carbocycles. The van der Waals surface area contributed by atoms with Crippen molar-refractivity contribution in [1.29, 1.82) is 0 Å². The molecule has 1 aliphatic rings. The number of benzene rings is 3. The van der Waals surface area contributed by atoms with Gasteiger partial charge in [-0.3, -0.25) is 14.4 Å². The van der Waals surface area contributed by atoms with Crippen molar-refractivity contribution in [2.24, 2.45) is 0 Å². The number of esters is 1. The molecular formula is C29H24FN3O5. The number of carbonyl (C=O) groups excluding carboxylic acids is 4. The van der Waals surface area contributed by atoms with Gasteiger partial charge in [-0.15, -0.1) is 0 Å². The maximum Gasteiger partial charge on any atom is 0.337 e. The number of aromatic amines is 1. The summed E-state index contributed by atoms with van der Waals surface area (Å²) in [5.41, 5.74) is 2.22. The molecule has 8 nitrogen and oxygen atoms in total. The first-order chi connectivity index (χ1) is 18.4. The van der Waals surface area contributed by atoms with Gasteiger partial charge in [0.25, 0.3) is 11.8 Å². The molecule has 0 saturated carbocycles. The van der Waals surface area contributed by atoms with Gasteiger partial charge in [0, 0.05) is 23.6 Å². The number of carbonyl (C=O) groups is 4. The highest BCUT2D eigenvalue weighted by Crippen LogP contribution is 2.28. The zero-order valence-corrected chi connectivity index (χ0v) is 20.5. The van der Waals surface area contributed by atoms with E-state index in [0.717, 1.165) is 21.4 Å². The number of nitrogens with zero attached hydrogens (tertiary/aromatic N) is 2. The molecule has 0 spiro atoms. The Morgan fingerprint density at radius 1 is 1.03 bits per heavy atom. The summed E-state index contributed by atoms with van der Waals surface area (Å²) in [7, 11) is 1.26. The lowest BCUT2D eigenvalue weighted by Gasteiger charge is -2.28. The summed E-state index contributed by atoms with van der Waals surface area (Å²) in [6.45, 7) is 0.0911. The van der Waals surface area contributed by atoms with E-state index in [2.05, 4.69) is 4.98 Å². The van der Waals surface area contributed by atoms with E-state index in [9.17, 15) is 23.6 Å². The van der Waals surface area contributed by atoms with Gasteiger partial charge in [0.15, 0.2) is 0 Å². The van der Waals surface area contributed by atoms with E-state index in [4.69, 9.17) is 4.74 Å². The van der Waals surface area contributed by atoms with Crippen LogP contribution in [0.15, 0.2) is 79.0 Å². The minimum absolute atomic E-state index is 0.0911. The van der Waals surface area contributed by atoms with Crippen molar-refractivity contribution >= 4 is 40.3 Å². The highest BCUT2D eigenvalue weighted by Gasteiger charge is 2.44. The van der Waals surface area contributed by atoms with Crippen LogP contribution in [0.5, 0.6) is 0 Å². The van der Waals surface area contributed by atoms with E-state index in [1.54, 1.807) is 6.07 Å². The molecule has 0 bridgehead atoms. The maximum absolute atomic E-state index is 14.6. The van der Waals surface area contributed by atoms with Crippen LogP contribution in [0.1, 0.15) is 32.7 Å². The summed E-state index contributed by atoms with van der Waals surface area (Å²) in [6, 6.07) is 18.0. The quantitative estimate of drug-likeness (QED) is 0.296. The van der Waals surface area contributed by atoms with E-state index in [-0.39, 0.29) is 29.8 Å². The smallest absolute Gasteiger partial charge is 0.337 e. The summed E-state index contributed by atoms with van der Waals surface area (Å²) in [5.74, 6) is -3.01. The summed E-state index contributed by atoms with van der Waals surface area (Å²) in [6.07, 6.45) is 1.98. The van der Waals surface area contributed by atoms with E-state index in [1.165, 1.54) is 54.5 Å². The Labute approximate surface area is 217 Å². The van der Waals surface area contributed by atoms with E-state index >= 15 is 0 Å². The number of aromatic nitrogens is 1. The average molecular weight is 514 g/mol. The van der Waals surface area contributed by atoms with Crippen molar-refractivity contribution in [2.75, 3.05) is 18.6 Å². The minimum atomic E-state index is -1.11. The Morgan fingerprint density at radius 2 is 1.74 bits per heavy atom. The molecule has 192 valence electrons. The molecule has 0 radical (unpaired) electrons. The summed E-state index contributed by atoms with van der Waals surface area (Å²) in [5, 5.41) is 0.979. The third-order valence-corrected chi connectivity index (χ3v) is 6.71. The maximum atomic E-state index is 14.6. The van der Waals surface area contributed by atoms with Gasteiger partial charge in [-0.25, -0.2) is 14.1 Å². The van der Waals surface area contributed by atoms with E-state index in [0.29, 0.717) is 6.42 Å². The van der Waals surface area contributed by atoms with Crippen LogP contribution < -0.4 is 4.90 Å². The van der Waals surface area contributed by atoms with Gasteiger partial charge in [0.2, 0.25) is 5.91 Å². The topological polar surface area (TPSA) is 99.8 Å².